The Kier molecular flexibility index (Phi) is 6.61. The van der Waals surface area contributed by atoms with Crippen molar-refractivity contribution in [1.82, 2.24) is 4.90 Å². The molecule has 5 saturated carbocycles. The molecule has 0 aromatic carbocycles. The summed E-state index contributed by atoms with van der Waals surface area (Å²) in [5, 5.41) is 12.4. The molecule has 0 amide bonds. The van der Waals surface area contributed by atoms with Gasteiger partial charge in [-0.1, -0.05) is 6.92 Å². The van der Waals surface area contributed by atoms with Crippen LogP contribution in [0.5, 0.6) is 0 Å². The number of likely N-dealkylation sites (tertiary alicyclic amines) is 1. The topological polar surface area (TPSA) is 78.9 Å². The van der Waals surface area contributed by atoms with Crippen molar-refractivity contribution in [3.8, 4) is 0 Å². The van der Waals surface area contributed by atoms with Gasteiger partial charge in [-0.3, -0.25) is 4.90 Å². The van der Waals surface area contributed by atoms with Crippen LogP contribution in [-0.4, -0.2) is 113 Å². The van der Waals surface area contributed by atoms with Crippen molar-refractivity contribution >= 4 is 0 Å². The summed E-state index contributed by atoms with van der Waals surface area (Å²) in [7, 11) is 7.36. The lowest BCUT2D eigenvalue weighted by Gasteiger charge is -2.69. The Morgan fingerprint density at radius 1 is 0.919 bits per heavy atom. The van der Waals surface area contributed by atoms with Gasteiger partial charge in [-0.05, 0) is 45.6 Å². The third kappa shape index (κ3) is 2.92. The zero-order valence-electron chi connectivity index (χ0n) is 23.9. The van der Waals surface area contributed by atoms with E-state index in [9.17, 15) is 5.11 Å². The van der Waals surface area contributed by atoms with Gasteiger partial charge in [0, 0.05) is 89.2 Å². The smallest absolute Gasteiger partial charge is 0.118 e. The van der Waals surface area contributed by atoms with Crippen molar-refractivity contribution in [3.05, 3.63) is 0 Å². The number of fused-ring (bicyclic) bond motifs is 2. The van der Waals surface area contributed by atoms with E-state index >= 15 is 0 Å². The minimum absolute atomic E-state index is 0.0118. The van der Waals surface area contributed by atoms with Gasteiger partial charge in [0.25, 0.3) is 0 Å². The molecule has 0 aromatic heterocycles. The Morgan fingerprint density at radius 2 is 1.68 bits per heavy atom. The van der Waals surface area contributed by atoms with Crippen LogP contribution in [0.3, 0.4) is 0 Å². The van der Waals surface area contributed by atoms with Crippen molar-refractivity contribution in [2.75, 3.05) is 61.3 Å². The van der Waals surface area contributed by atoms with Gasteiger partial charge in [0.15, 0.2) is 0 Å². The molecule has 8 heteroatoms. The number of hydrogen-bond acceptors (Lipinski definition) is 8. The van der Waals surface area contributed by atoms with Gasteiger partial charge in [-0.15, -0.1) is 0 Å². The molecular formula is C29H49NO7. The number of piperidine rings is 1. The molecule has 13 atom stereocenters. The van der Waals surface area contributed by atoms with Gasteiger partial charge >= 0.3 is 0 Å². The summed E-state index contributed by atoms with van der Waals surface area (Å²) < 4.78 is 38.9. The third-order valence-electron chi connectivity index (χ3n) is 12.2. The summed E-state index contributed by atoms with van der Waals surface area (Å²) in [6.07, 6.45) is 2.77. The van der Waals surface area contributed by atoms with Crippen molar-refractivity contribution in [3.63, 3.8) is 0 Å². The highest BCUT2D eigenvalue weighted by atomic mass is 16.5. The Bertz CT molecular complexity index is 875. The molecule has 6 rings (SSSR count). The van der Waals surface area contributed by atoms with E-state index in [0.717, 1.165) is 25.9 Å². The van der Waals surface area contributed by atoms with Crippen LogP contribution in [0.2, 0.25) is 0 Å². The molecule has 6 aliphatic rings. The van der Waals surface area contributed by atoms with Crippen LogP contribution in [0.15, 0.2) is 0 Å². The molecule has 212 valence electrons. The lowest BCUT2D eigenvalue weighted by Crippen LogP contribution is -2.77. The van der Waals surface area contributed by atoms with Crippen molar-refractivity contribution in [2.45, 2.75) is 88.1 Å². The second kappa shape index (κ2) is 9.10. The van der Waals surface area contributed by atoms with Crippen molar-refractivity contribution < 1.29 is 33.5 Å². The number of nitrogens with zero attached hydrogens (tertiary/aromatic N) is 1. The fourth-order valence-corrected chi connectivity index (χ4v) is 11.8. The summed E-state index contributed by atoms with van der Waals surface area (Å²) in [4.78, 5) is 2.72. The second-order valence-corrected chi connectivity index (χ2v) is 12.8. The molecule has 6 fully saturated rings. The molecule has 5 aliphatic carbocycles. The monoisotopic (exact) mass is 523 g/mol. The second-order valence-electron chi connectivity index (χ2n) is 12.8. The average molecular weight is 524 g/mol. The van der Waals surface area contributed by atoms with Gasteiger partial charge in [0.2, 0.25) is 0 Å². The zero-order valence-corrected chi connectivity index (χ0v) is 23.9. The number of hydrogen-bond donors (Lipinski definition) is 1. The molecule has 1 N–H and O–H groups in total. The van der Waals surface area contributed by atoms with Crippen LogP contribution in [0, 0.1) is 34.5 Å². The molecule has 0 unspecified atom stereocenters. The molecule has 1 saturated heterocycles. The number of methoxy groups -OCH3 is 4. The summed E-state index contributed by atoms with van der Waals surface area (Å²) in [5.74, 6) is 0.616. The normalized spacial score (nSPS) is 55.6. The minimum atomic E-state index is -1.05. The van der Waals surface area contributed by atoms with E-state index in [1.54, 1.807) is 7.11 Å². The fourth-order valence-electron chi connectivity index (χ4n) is 11.8. The number of ether oxygens (including phenoxy) is 6. The number of rotatable bonds is 10. The molecule has 0 aromatic rings. The maximum atomic E-state index is 12.4. The summed E-state index contributed by atoms with van der Waals surface area (Å²) in [5.41, 5.74) is -1.77. The maximum absolute atomic E-state index is 12.4. The van der Waals surface area contributed by atoms with E-state index in [0.29, 0.717) is 32.7 Å². The van der Waals surface area contributed by atoms with Crippen molar-refractivity contribution in [2.24, 2.45) is 34.5 Å². The maximum Gasteiger partial charge on any atom is 0.118 e. The number of aliphatic hydroxyl groups is 1. The predicted octanol–water partition coefficient (Wildman–Crippen LogP) is 2.36. The fraction of sp³-hybridized carbons (Fsp3) is 1.00. The highest BCUT2D eigenvalue weighted by Gasteiger charge is 2.88. The van der Waals surface area contributed by atoms with Gasteiger partial charge in [-0.25, -0.2) is 0 Å². The van der Waals surface area contributed by atoms with E-state index < -0.39 is 11.2 Å². The summed E-state index contributed by atoms with van der Waals surface area (Å²) in [6, 6.07) is 0.246. The third-order valence-corrected chi connectivity index (χ3v) is 12.2. The molecule has 1 aliphatic heterocycles. The zero-order chi connectivity index (χ0) is 26.4. The van der Waals surface area contributed by atoms with Crippen LogP contribution < -0.4 is 0 Å². The summed E-state index contributed by atoms with van der Waals surface area (Å²) in [6.45, 7) is 10.3. The molecular weight excluding hydrogens is 474 g/mol. The highest BCUT2D eigenvalue weighted by molar-refractivity contribution is 5.38. The lowest BCUT2D eigenvalue weighted by molar-refractivity contribution is -0.298. The van der Waals surface area contributed by atoms with Crippen LogP contribution in [0.4, 0.5) is 0 Å². The van der Waals surface area contributed by atoms with Gasteiger partial charge < -0.3 is 33.5 Å². The molecule has 7 bridgehead atoms. The first kappa shape index (κ1) is 26.9. The Hall–Kier alpha value is -0.320. The van der Waals surface area contributed by atoms with E-state index in [2.05, 4.69) is 18.7 Å². The molecule has 37 heavy (non-hydrogen) atoms. The van der Waals surface area contributed by atoms with Crippen LogP contribution in [0.1, 0.15) is 46.5 Å². The first-order valence-corrected chi connectivity index (χ1v) is 14.6. The predicted molar refractivity (Wildman–Crippen MR) is 137 cm³/mol. The molecule has 1 heterocycles. The van der Waals surface area contributed by atoms with Gasteiger partial charge in [-0.2, -0.15) is 0 Å². The Balaban J connectivity index is 1.66. The van der Waals surface area contributed by atoms with Gasteiger partial charge in [0.05, 0.1) is 36.6 Å². The Labute approximate surface area is 222 Å². The quantitative estimate of drug-likeness (QED) is 0.468. The van der Waals surface area contributed by atoms with E-state index in [4.69, 9.17) is 28.4 Å². The van der Waals surface area contributed by atoms with Crippen LogP contribution in [-0.2, 0) is 28.4 Å². The summed E-state index contributed by atoms with van der Waals surface area (Å²) >= 11 is 0. The van der Waals surface area contributed by atoms with E-state index in [-0.39, 0.29) is 65.0 Å². The van der Waals surface area contributed by atoms with Gasteiger partial charge in [0.1, 0.15) is 5.60 Å². The Morgan fingerprint density at radius 3 is 2.27 bits per heavy atom. The molecule has 8 nitrogen and oxygen atoms in total. The minimum Gasteiger partial charge on any atom is -0.384 e. The van der Waals surface area contributed by atoms with E-state index in [1.165, 1.54) is 0 Å². The lowest BCUT2D eigenvalue weighted by atomic mass is 9.43. The molecule has 1 spiro atoms. The average Bonchev–Trinajstić information content (AvgIpc) is 3.26. The molecule has 0 radical (unpaired) electrons. The highest BCUT2D eigenvalue weighted by Crippen LogP contribution is 2.80. The van der Waals surface area contributed by atoms with Crippen LogP contribution >= 0.6 is 0 Å². The first-order chi connectivity index (χ1) is 17.8. The standard InChI is InChI=1S/C29H49NO7/c1-8-30-15-26(16-32-4)12-11-18(33-5)29-17-13-27(31)19(34-6)14-28(37-10-3,20(17)25(27)36-9-2)21(24(29)30)22(35-7)23(26)29/h17-25,31H,8-16H2,1-7H3/t17-,18+,19+,20-,21+,22+,23-,24-,25-,26+,27+,28-,29+/m1/s1. The van der Waals surface area contributed by atoms with E-state index in [1.807, 2.05) is 28.3 Å². The first-order valence-electron chi connectivity index (χ1n) is 14.6. The van der Waals surface area contributed by atoms with Crippen LogP contribution in [0.25, 0.3) is 0 Å². The largest absolute Gasteiger partial charge is 0.384 e. The van der Waals surface area contributed by atoms with Crippen molar-refractivity contribution in [1.29, 1.82) is 0 Å². The SMILES string of the molecule is CCO[C@@H]1[C@H]2[C@H]3C[C@]1(O)[C@@H](OC)C[C@]2(OCC)[C@H]1[C@H](OC)[C@@H]2[C@@]4(COC)CC[C@H](OC)[C@@]32[C@@H]1N(CC)C4.